The van der Waals surface area contributed by atoms with Crippen LogP contribution in [0.5, 0.6) is 5.75 Å². The van der Waals surface area contributed by atoms with Gasteiger partial charge in [0.2, 0.25) is 0 Å². The second-order valence-electron chi connectivity index (χ2n) is 5.95. The van der Waals surface area contributed by atoms with Gasteiger partial charge in [-0.25, -0.2) is 4.79 Å². The second-order valence-corrected chi connectivity index (χ2v) is 6.35. The van der Waals surface area contributed by atoms with E-state index in [1.807, 2.05) is 31.2 Å². The van der Waals surface area contributed by atoms with E-state index in [-0.39, 0.29) is 5.97 Å². The van der Waals surface area contributed by atoms with Crippen molar-refractivity contribution in [2.45, 2.75) is 46.1 Å². The predicted octanol–water partition coefficient (Wildman–Crippen LogP) is 3.61. The van der Waals surface area contributed by atoms with E-state index in [1.54, 1.807) is 0 Å². The van der Waals surface area contributed by atoms with E-state index in [9.17, 15) is 4.79 Å². The summed E-state index contributed by atoms with van der Waals surface area (Å²) in [6.45, 7) is 6.99. The van der Waals surface area contributed by atoms with Crippen LogP contribution in [0, 0.1) is 0 Å². The summed E-state index contributed by atoms with van der Waals surface area (Å²) in [7, 11) is 0. The van der Waals surface area contributed by atoms with Gasteiger partial charge in [0.05, 0.1) is 24.8 Å². The van der Waals surface area contributed by atoms with Crippen molar-refractivity contribution in [3.63, 3.8) is 0 Å². The Morgan fingerprint density at radius 1 is 1.20 bits per heavy atom. The lowest BCUT2D eigenvalue weighted by atomic mass is 9.95. The van der Waals surface area contributed by atoms with Crippen LogP contribution in [0.25, 0.3) is 0 Å². The number of esters is 1. The first kappa shape index (κ1) is 19.2. The number of carbonyl (C=O) groups is 1. The summed E-state index contributed by atoms with van der Waals surface area (Å²) >= 11 is 5.29. The van der Waals surface area contributed by atoms with E-state index >= 15 is 0 Å². The lowest BCUT2D eigenvalue weighted by molar-refractivity contribution is -0.139. The first-order chi connectivity index (χ1) is 12.1. The number of benzene rings is 1. The Morgan fingerprint density at radius 2 is 1.96 bits per heavy atom. The van der Waals surface area contributed by atoms with Crippen LogP contribution in [-0.2, 0) is 9.53 Å². The molecule has 1 atom stereocenters. The molecule has 1 aromatic rings. The van der Waals surface area contributed by atoms with Crippen molar-refractivity contribution in [2.75, 3.05) is 13.2 Å². The molecule has 5 nitrogen and oxygen atoms in total. The van der Waals surface area contributed by atoms with Gasteiger partial charge in [0.1, 0.15) is 5.75 Å². The Morgan fingerprint density at radius 3 is 2.68 bits per heavy atom. The number of hydrogen-bond donors (Lipinski definition) is 2. The van der Waals surface area contributed by atoms with Gasteiger partial charge in [0, 0.05) is 11.3 Å². The highest BCUT2D eigenvalue weighted by molar-refractivity contribution is 7.80. The van der Waals surface area contributed by atoms with Crippen LogP contribution in [0.3, 0.4) is 0 Å². The molecule has 0 bridgehead atoms. The highest BCUT2D eigenvalue weighted by Gasteiger charge is 2.32. The summed E-state index contributed by atoms with van der Waals surface area (Å²) in [4.78, 5) is 12.7. The lowest BCUT2D eigenvalue weighted by Gasteiger charge is -2.30. The standard InChI is InChI=1S/C19H26N2O3S/c1-4-6-12-24-18(22)16-13(3)20-19(25)21-17(16)14-9-7-8-10-15(14)23-11-5-2/h7-10,17H,4-6,11-12H2,1-3H3,(H2,20,21,25)/t17-/m0/s1. The topological polar surface area (TPSA) is 59.6 Å². The smallest absolute Gasteiger partial charge is 0.338 e. The molecule has 1 aliphatic rings. The molecule has 0 aliphatic carbocycles. The molecule has 0 aromatic heterocycles. The number of thiocarbonyl (C=S) groups is 1. The van der Waals surface area contributed by atoms with E-state index in [0.29, 0.717) is 29.6 Å². The third-order valence-corrected chi connectivity index (χ3v) is 4.13. The monoisotopic (exact) mass is 362 g/mol. The van der Waals surface area contributed by atoms with Crippen molar-refractivity contribution in [3.8, 4) is 5.75 Å². The Hall–Kier alpha value is -2.08. The molecule has 25 heavy (non-hydrogen) atoms. The largest absolute Gasteiger partial charge is 0.493 e. The van der Waals surface area contributed by atoms with Crippen molar-refractivity contribution < 1.29 is 14.3 Å². The molecule has 0 amide bonds. The van der Waals surface area contributed by atoms with E-state index < -0.39 is 6.04 Å². The van der Waals surface area contributed by atoms with Crippen LogP contribution in [0.4, 0.5) is 0 Å². The maximum atomic E-state index is 12.7. The number of nitrogens with one attached hydrogen (secondary N) is 2. The lowest BCUT2D eigenvalue weighted by Crippen LogP contribution is -2.45. The fourth-order valence-corrected chi connectivity index (χ4v) is 2.92. The normalized spacial score (nSPS) is 16.9. The quantitative estimate of drug-likeness (QED) is 0.418. The summed E-state index contributed by atoms with van der Waals surface area (Å²) in [6, 6.07) is 7.31. The van der Waals surface area contributed by atoms with Gasteiger partial charge in [-0.05, 0) is 38.0 Å². The number of allylic oxidation sites excluding steroid dienone is 1. The fraction of sp³-hybridized carbons (Fsp3) is 0.474. The molecular formula is C19H26N2O3S. The zero-order valence-electron chi connectivity index (χ0n) is 15.1. The molecule has 0 saturated carbocycles. The number of ether oxygens (including phenoxy) is 2. The number of carbonyl (C=O) groups excluding carboxylic acids is 1. The molecule has 0 radical (unpaired) electrons. The van der Waals surface area contributed by atoms with E-state index in [4.69, 9.17) is 21.7 Å². The Bertz CT molecular complexity index is 658. The maximum absolute atomic E-state index is 12.7. The van der Waals surface area contributed by atoms with Crippen LogP contribution in [0.1, 0.15) is 51.6 Å². The minimum atomic E-state index is -0.393. The number of hydrogen-bond acceptors (Lipinski definition) is 4. The van der Waals surface area contributed by atoms with Crippen molar-refractivity contribution >= 4 is 23.3 Å². The molecule has 136 valence electrons. The van der Waals surface area contributed by atoms with Crippen molar-refractivity contribution in [2.24, 2.45) is 0 Å². The Kier molecular flexibility index (Phi) is 7.25. The molecule has 0 unspecified atom stereocenters. The number of unbranched alkanes of at least 4 members (excludes halogenated alkanes) is 1. The molecule has 2 N–H and O–H groups in total. The molecular weight excluding hydrogens is 336 g/mol. The van der Waals surface area contributed by atoms with Gasteiger partial charge in [0.25, 0.3) is 0 Å². The molecule has 1 heterocycles. The van der Waals surface area contributed by atoms with E-state index in [1.165, 1.54) is 0 Å². The SMILES string of the molecule is CCCCOC(=O)C1=C(C)NC(=S)N[C@H]1c1ccccc1OCCC. The minimum Gasteiger partial charge on any atom is -0.493 e. The zero-order chi connectivity index (χ0) is 18.2. The van der Waals surface area contributed by atoms with Crippen LogP contribution < -0.4 is 15.4 Å². The summed E-state index contributed by atoms with van der Waals surface area (Å²) in [5, 5.41) is 6.69. The first-order valence-electron chi connectivity index (χ1n) is 8.75. The summed E-state index contributed by atoms with van der Waals surface area (Å²) < 4.78 is 11.3. The molecule has 0 fully saturated rings. The summed E-state index contributed by atoms with van der Waals surface area (Å²) in [5.41, 5.74) is 2.12. The van der Waals surface area contributed by atoms with Crippen LogP contribution in [0.15, 0.2) is 35.5 Å². The average molecular weight is 362 g/mol. The predicted molar refractivity (Wildman–Crippen MR) is 102 cm³/mol. The molecule has 6 heteroatoms. The van der Waals surface area contributed by atoms with Gasteiger partial charge in [-0.15, -0.1) is 0 Å². The van der Waals surface area contributed by atoms with Crippen molar-refractivity contribution in [1.29, 1.82) is 0 Å². The number of rotatable bonds is 8. The van der Waals surface area contributed by atoms with Gasteiger partial charge in [-0.1, -0.05) is 38.5 Å². The Labute approximate surface area is 154 Å². The molecule has 0 saturated heterocycles. The van der Waals surface area contributed by atoms with Gasteiger partial charge in [-0.3, -0.25) is 0 Å². The second kappa shape index (κ2) is 9.42. The van der Waals surface area contributed by atoms with Crippen molar-refractivity contribution in [3.05, 3.63) is 41.1 Å². The summed E-state index contributed by atoms with van der Waals surface area (Å²) in [5.74, 6) is 0.418. The molecule has 1 aliphatic heterocycles. The third kappa shape index (κ3) is 4.95. The third-order valence-electron chi connectivity index (χ3n) is 3.91. The van der Waals surface area contributed by atoms with E-state index in [0.717, 1.165) is 30.6 Å². The van der Waals surface area contributed by atoms with Gasteiger partial charge < -0.3 is 20.1 Å². The Balaban J connectivity index is 2.34. The van der Waals surface area contributed by atoms with Gasteiger partial charge >= 0.3 is 5.97 Å². The van der Waals surface area contributed by atoms with E-state index in [2.05, 4.69) is 24.5 Å². The summed E-state index contributed by atoms with van der Waals surface area (Å²) in [6.07, 6.45) is 2.73. The van der Waals surface area contributed by atoms with Crippen molar-refractivity contribution in [1.82, 2.24) is 10.6 Å². The first-order valence-corrected chi connectivity index (χ1v) is 9.16. The van der Waals surface area contributed by atoms with Gasteiger partial charge in [0.15, 0.2) is 5.11 Å². The zero-order valence-corrected chi connectivity index (χ0v) is 15.9. The molecule has 2 rings (SSSR count). The van der Waals surface area contributed by atoms with Crippen LogP contribution in [-0.4, -0.2) is 24.3 Å². The maximum Gasteiger partial charge on any atom is 0.338 e. The average Bonchev–Trinajstić information content (AvgIpc) is 2.59. The fourth-order valence-electron chi connectivity index (χ4n) is 2.65. The highest BCUT2D eigenvalue weighted by Crippen LogP contribution is 2.33. The minimum absolute atomic E-state index is 0.330. The van der Waals surface area contributed by atoms with Gasteiger partial charge in [-0.2, -0.15) is 0 Å². The van der Waals surface area contributed by atoms with Crippen LogP contribution in [0.2, 0.25) is 0 Å². The van der Waals surface area contributed by atoms with Crippen LogP contribution >= 0.6 is 12.2 Å². The molecule has 0 spiro atoms. The number of para-hydroxylation sites is 1. The highest BCUT2D eigenvalue weighted by atomic mass is 32.1. The molecule has 1 aromatic carbocycles.